The van der Waals surface area contributed by atoms with Gasteiger partial charge in [-0.3, -0.25) is 4.90 Å². The van der Waals surface area contributed by atoms with Crippen molar-refractivity contribution in [1.82, 2.24) is 19.4 Å². The molecule has 2 aliphatic heterocycles. The van der Waals surface area contributed by atoms with Gasteiger partial charge < -0.3 is 19.8 Å². The molecular formula is C16H19N5O2S. The lowest BCUT2D eigenvalue weighted by molar-refractivity contribution is 0.0362. The van der Waals surface area contributed by atoms with E-state index in [-0.39, 0.29) is 11.1 Å². The number of hydrogen-bond acceptors (Lipinski definition) is 7. The van der Waals surface area contributed by atoms with Gasteiger partial charge in [0, 0.05) is 43.5 Å². The maximum Gasteiger partial charge on any atom is 0.201 e. The summed E-state index contributed by atoms with van der Waals surface area (Å²) in [7, 11) is 0. The highest BCUT2D eigenvalue weighted by Gasteiger charge is 2.35. The van der Waals surface area contributed by atoms with Gasteiger partial charge >= 0.3 is 0 Å². The summed E-state index contributed by atoms with van der Waals surface area (Å²) in [6.45, 7) is 5.00. The van der Waals surface area contributed by atoms with Gasteiger partial charge in [0.2, 0.25) is 5.88 Å². The second kappa shape index (κ2) is 6.54. The van der Waals surface area contributed by atoms with Crippen LogP contribution in [0, 0.1) is 5.41 Å². The van der Waals surface area contributed by atoms with Crippen LogP contribution in [-0.4, -0.2) is 63.1 Å². The topological polar surface area (TPSA) is 87.3 Å². The average molecular weight is 345 g/mol. The molecule has 1 atom stereocenters. The Hall–Kier alpha value is -1.90. The summed E-state index contributed by atoms with van der Waals surface area (Å²) in [5.74, 6) is 0.187. The lowest BCUT2D eigenvalue weighted by Crippen LogP contribution is -2.38. The highest BCUT2D eigenvalue weighted by atomic mass is 32.2. The average Bonchev–Trinajstić information content (AvgIpc) is 3.12. The molecule has 2 N–H and O–H groups in total. The second-order valence-corrected chi connectivity index (χ2v) is 7.03. The minimum atomic E-state index is -0.169. The minimum Gasteiger partial charge on any atom is -0.494 e. The Balaban J connectivity index is 1.48. The zero-order chi connectivity index (χ0) is 16.5. The molecular weight excluding hydrogens is 326 g/mol. The van der Waals surface area contributed by atoms with E-state index < -0.39 is 0 Å². The van der Waals surface area contributed by atoms with E-state index in [0.717, 1.165) is 43.4 Å². The number of ether oxygens (including phenoxy) is 1. The SMILES string of the molecule is N=C1c2c(cn(CCN3CCOCC3)c2O)SC1c1ccncn1. The lowest BCUT2D eigenvalue weighted by atomic mass is 10.1. The molecule has 2 aromatic heterocycles. The van der Waals surface area contributed by atoms with E-state index in [9.17, 15) is 5.11 Å². The normalized spacial score (nSPS) is 21.2. The third-order valence-electron chi connectivity index (χ3n) is 4.43. The molecule has 0 spiro atoms. The Morgan fingerprint density at radius 2 is 2.17 bits per heavy atom. The molecule has 8 heteroatoms. The number of thioether (sulfide) groups is 1. The number of hydrogen-bond donors (Lipinski definition) is 2. The highest BCUT2D eigenvalue weighted by molar-refractivity contribution is 8.00. The number of aromatic hydroxyl groups is 1. The molecule has 0 saturated carbocycles. The van der Waals surface area contributed by atoms with Gasteiger partial charge in [0.15, 0.2) is 0 Å². The van der Waals surface area contributed by atoms with Gasteiger partial charge in [-0.1, -0.05) is 0 Å². The summed E-state index contributed by atoms with van der Waals surface area (Å²) >= 11 is 1.56. The van der Waals surface area contributed by atoms with E-state index in [2.05, 4.69) is 14.9 Å². The number of aromatic nitrogens is 3. The van der Waals surface area contributed by atoms with Crippen LogP contribution in [0.3, 0.4) is 0 Å². The van der Waals surface area contributed by atoms with Crippen molar-refractivity contribution in [3.8, 4) is 5.88 Å². The van der Waals surface area contributed by atoms with Crippen LogP contribution >= 0.6 is 11.8 Å². The summed E-state index contributed by atoms with van der Waals surface area (Å²) in [5.41, 5.74) is 1.86. The van der Waals surface area contributed by atoms with Gasteiger partial charge in [-0.05, 0) is 6.07 Å². The largest absolute Gasteiger partial charge is 0.494 e. The Bertz CT molecular complexity index is 742. The van der Waals surface area contributed by atoms with Crippen molar-refractivity contribution < 1.29 is 9.84 Å². The Morgan fingerprint density at radius 1 is 1.33 bits per heavy atom. The van der Waals surface area contributed by atoms with Gasteiger partial charge in [-0.15, -0.1) is 11.8 Å². The van der Waals surface area contributed by atoms with Crippen LogP contribution < -0.4 is 0 Å². The van der Waals surface area contributed by atoms with Gasteiger partial charge in [0.05, 0.1) is 35.4 Å². The van der Waals surface area contributed by atoms with Crippen LogP contribution in [0.4, 0.5) is 0 Å². The zero-order valence-electron chi connectivity index (χ0n) is 13.2. The molecule has 2 aliphatic rings. The Labute approximate surface area is 144 Å². The quantitative estimate of drug-likeness (QED) is 0.874. The fourth-order valence-electron chi connectivity index (χ4n) is 3.09. The smallest absolute Gasteiger partial charge is 0.201 e. The molecule has 4 rings (SSSR count). The van der Waals surface area contributed by atoms with Crippen molar-refractivity contribution >= 4 is 17.5 Å². The first kappa shape index (κ1) is 15.6. The summed E-state index contributed by atoms with van der Waals surface area (Å²) in [6.07, 6.45) is 5.13. The van der Waals surface area contributed by atoms with Gasteiger partial charge in [-0.2, -0.15) is 0 Å². The van der Waals surface area contributed by atoms with Crippen LogP contribution in [0.5, 0.6) is 5.88 Å². The summed E-state index contributed by atoms with van der Waals surface area (Å²) in [4.78, 5) is 11.4. The predicted octanol–water partition coefficient (Wildman–Crippen LogP) is 1.53. The molecule has 1 fully saturated rings. The number of rotatable bonds is 4. The minimum absolute atomic E-state index is 0.169. The summed E-state index contributed by atoms with van der Waals surface area (Å²) < 4.78 is 7.20. The van der Waals surface area contributed by atoms with Crippen LogP contribution in [0.1, 0.15) is 16.5 Å². The first-order valence-electron chi connectivity index (χ1n) is 7.97. The van der Waals surface area contributed by atoms with Gasteiger partial charge in [0.1, 0.15) is 6.33 Å². The van der Waals surface area contributed by atoms with E-state index in [1.165, 1.54) is 6.33 Å². The van der Waals surface area contributed by atoms with Crippen LogP contribution in [-0.2, 0) is 11.3 Å². The van der Waals surface area contributed by atoms with Crippen LogP contribution in [0.15, 0.2) is 29.7 Å². The van der Waals surface area contributed by atoms with E-state index in [4.69, 9.17) is 10.1 Å². The van der Waals surface area contributed by atoms with E-state index in [1.807, 2.05) is 16.8 Å². The molecule has 24 heavy (non-hydrogen) atoms. The van der Waals surface area contributed by atoms with E-state index in [1.54, 1.807) is 18.0 Å². The zero-order valence-corrected chi connectivity index (χ0v) is 14.0. The fraction of sp³-hybridized carbons (Fsp3) is 0.438. The molecule has 0 bridgehead atoms. The third-order valence-corrected chi connectivity index (χ3v) is 5.70. The molecule has 126 valence electrons. The van der Waals surface area contributed by atoms with Crippen molar-refractivity contribution in [1.29, 1.82) is 5.41 Å². The summed E-state index contributed by atoms with van der Waals surface area (Å²) in [5, 5.41) is 18.8. The monoisotopic (exact) mass is 345 g/mol. The molecule has 7 nitrogen and oxygen atoms in total. The number of nitrogens with zero attached hydrogens (tertiary/aromatic N) is 4. The summed E-state index contributed by atoms with van der Waals surface area (Å²) in [6, 6.07) is 1.82. The van der Waals surface area contributed by atoms with E-state index >= 15 is 0 Å². The van der Waals surface area contributed by atoms with Crippen LogP contribution in [0.2, 0.25) is 0 Å². The second-order valence-electron chi connectivity index (χ2n) is 5.89. The van der Waals surface area contributed by atoms with Crippen molar-refractivity contribution in [3.63, 3.8) is 0 Å². The lowest BCUT2D eigenvalue weighted by Gasteiger charge is -2.26. The maximum absolute atomic E-state index is 10.5. The molecule has 0 radical (unpaired) electrons. The van der Waals surface area contributed by atoms with Gasteiger partial charge in [0.25, 0.3) is 0 Å². The fourth-order valence-corrected chi connectivity index (χ4v) is 4.35. The number of morpholine rings is 1. The molecule has 1 saturated heterocycles. The molecule has 4 heterocycles. The third kappa shape index (κ3) is 2.81. The first-order valence-corrected chi connectivity index (χ1v) is 8.85. The van der Waals surface area contributed by atoms with Crippen molar-refractivity contribution in [2.24, 2.45) is 0 Å². The molecule has 0 aliphatic carbocycles. The predicted molar refractivity (Wildman–Crippen MR) is 90.8 cm³/mol. The highest BCUT2D eigenvalue weighted by Crippen LogP contribution is 2.49. The van der Waals surface area contributed by atoms with Gasteiger partial charge in [-0.25, -0.2) is 9.97 Å². The first-order chi connectivity index (χ1) is 11.7. The Morgan fingerprint density at radius 3 is 2.88 bits per heavy atom. The number of nitrogens with one attached hydrogen (secondary N) is 1. The molecule has 1 unspecified atom stereocenters. The number of fused-ring (bicyclic) bond motifs is 1. The van der Waals surface area contributed by atoms with E-state index in [0.29, 0.717) is 17.8 Å². The van der Waals surface area contributed by atoms with Crippen molar-refractivity contribution in [2.75, 3.05) is 32.8 Å². The molecule has 0 amide bonds. The van der Waals surface area contributed by atoms with Crippen molar-refractivity contribution in [3.05, 3.63) is 36.0 Å². The van der Waals surface area contributed by atoms with Crippen LogP contribution in [0.25, 0.3) is 0 Å². The maximum atomic E-state index is 10.5. The Kier molecular flexibility index (Phi) is 4.26. The molecule has 2 aromatic rings. The van der Waals surface area contributed by atoms with Crippen molar-refractivity contribution in [2.45, 2.75) is 16.7 Å². The standard InChI is InChI=1S/C16H19N5O2S/c17-14-13-12(24-15(14)11-1-2-18-10-19-11)9-21(16(13)22)4-3-20-5-7-23-8-6-20/h1-2,9-10,15,17,22H,3-8H2. The molecule has 0 aromatic carbocycles.